The van der Waals surface area contributed by atoms with Gasteiger partial charge in [-0.2, -0.15) is 0 Å². The van der Waals surface area contributed by atoms with Crippen molar-refractivity contribution >= 4 is 5.69 Å². The lowest BCUT2D eigenvalue weighted by Gasteiger charge is -2.17. The van der Waals surface area contributed by atoms with Crippen molar-refractivity contribution < 1.29 is 9.13 Å². The summed E-state index contributed by atoms with van der Waals surface area (Å²) in [4.78, 5) is 4.07. The highest BCUT2D eigenvalue weighted by Gasteiger charge is 2.30. The quantitative estimate of drug-likeness (QED) is 0.864. The third-order valence-corrected chi connectivity index (χ3v) is 4.25. The van der Waals surface area contributed by atoms with Crippen molar-refractivity contribution in [3.05, 3.63) is 41.8 Å². The Morgan fingerprint density at radius 3 is 2.76 bits per heavy atom. The average Bonchev–Trinajstić information content (AvgIpc) is 3.33. The molecule has 1 heterocycles. The van der Waals surface area contributed by atoms with Gasteiger partial charge in [-0.3, -0.25) is 0 Å². The third-order valence-electron chi connectivity index (χ3n) is 4.25. The Kier molecular flexibility index (Phi) is 3.53. The molecule has 2 N–H and O–H groups in total. The largest absolute Gasteiger partial charge is 0.481 e. The zero-order valence-corrected chi connectivity index (χ0v) is 12.3. The summed E-state index contributed by atoms with van der Waals surface area (Å²) < 4.78 is 19.1. The van der Waals surface area contributed by atoms with Crippen LogP contribution < -0.4 is 10.5 Å². The van der Waals surface area contributed by atoms with E-state index in [2.05, 4.69) is 11.9 Å². The normalized spacial score (nSPS) is 15.8. The van der Waals surface area contributed by atoms with Gasteiger partial charge in [-0.15, -0.1) is 0 Å². The van der Waals surface area contributed by atoms with Gasteiger partial charge in [0, 0.05) is 23.5 Å². The molecule has 4 heteroatoms. The van der Waals surface area contributed by atoms with Crippen LogP contribution in [0.3, 0.4) is 0 Å². The number of nitrogens with zero attached hydrogens (tertiary/aromatic N) is 1. The van der Waals surface area contributed by atoms with Gasteiger partial charge >= 0.3 is 0 Å². The lowest BCUT2D eigenvalue weighted by molar-refractivity contribution is 0.398. The number of nitrogen functional groups attached to an aromatic ring is 1. The van der Waals surface area contributed by atoms with Crippen LogP contribution in [0.4, 0.5) is 10.1 Å². The summed E-state index contributed by atoms with van der Waals surface area (Å²) in [6.07, 6.45) is 4.05. The molecule has 0 aliphatic heterocycles. The highest BCUT2D eigenvalue weighted by atomic mass is 19.1. The number of methoxy groups -OCH3 is 1. The molecule has 1 aliphatic rings. The fourth-order valence-corrected chi connectivity index (χ4v) is 2.79. The van der Waals surface area contributed by atoms with Crippen LogP contribution in [0.25, 0.3) is 11.1 Å². The fraction of sp³-hybridized carbons (Fsp3) is 0.353. The highest BCUT2D eigenvalue weighted by molar-refractivity contribution is 5.79. The molecule has 1 fully saturated rings. The second-order valence-corrected chi connectivity index (χ2v) is 5.67. The number of nitrogens with two attached hydrogens (primary N) is 1. The summed E-state index contributed by atoms with van der Waals surface area (Å²) in [7, 11) is 1.56. The van der Waals surface area contributed by atoms with Gasteiger partial charge in [0.05, 0.1) is 7.11 Å². The van der Waals surface area contributed by atoms with Gasteiger partial charge in [0.2, 0.25) is 5.88 Å². The van der Waals surface area contributed by atoms with E-state index in [0.29, 0.717) is 29.0 Å². The molecule has 3 nitrogen and oxygen atoms in total. The summed E-state index contributed by atoms with van der Waals surface area (Å²) >= 11 is 0. The predicted molar refractivity (Wildman–Crippen MR) is 81.7 cm³/mol. The maximum absolute atomic E-state index is 14.0. The minimum absolute atomic E-state index is 0.252. The van der Waals surface area contributed by atoms with Crippen LogP contribution in [0.15, 0.2) is 30.5 Å². The number of ether oxygens (including phenoxy) is 1. The summed E-state index contributed by atoms with van der Waals surface area (Å²) in [5.74, 6) is 1.17. The first kappa shape index (κ1) is 13.9. The number of halogens is 1. The van der Waals surface area contributed by atoms with Gasteiger partial charge in [0.25, 0.3) is 0 Å². The maximum atomic E-state index is 14.0. The molecule has 1 aliphatic carbocycles. The summed E-state index contributed by atoms with van der Waals surface area (Å²) in [6.45, 7) is 2.12. The van der Waals surface area contributed by atoms with Gasteiger partial charge < -0.3 is 10.5 Å². The van der Waals surface area contributed by atoms with Crippen LogP contribution in [0.5, 0.6) is 5.88 Å². The topological polar surface area (TPSA) is 48.1 Å². The number of hydrogen-bond acceptors (Lipinski definition) is 3. The van der Waals surface area contributed by atoms with Gasteiger partial charge in [-0.1, -0.05) is 6.92 Å². The molecular weight excluding hydrogens is 267 g/mol. The first-order valence-corrected chi connectivity index (χ1v) is 7.19. The van der Waals surface area contributed by atoms with Crippen LogP contribution in [0.1, 0.15) is 31.2 Å². The Morgan fingerprint density at radius 2 is 2.10 bits per heavy atom. The number of hydrogen-bond donors (Lipinski definition) is 1. The SMILES string of the molecule is COc1cc(-c2cc(F)cc(C(C)C3CC3)c2N)ccn1. The van der Waals surface area contributed by atoms with E-state index in [-0.39, 0.29) is 5.82 Å². The zero-order valence-electron chi connectivity index (χ0n) is 12.3. The van der Waals surface area contributed by atoms with E-state index in [0.717, 1.165) is 11.1 Å². The first-order valence-electron chi connectivity index (χ1n) is 7.19. The molecule has 0 bridgehead atoms. The molecule has 1 atom stereocenters. The third kappa shape index (κ3) is 2.71. The van der Waals surface area contributed by atoms with E-state index in [9.17, 15) is 4.39 Å². The number of pyridine rings is 1. The van der Waals surface area contributed by atoms with E-state index in [1.54, 1.807) is 25.4 Å². The molecule has 21 heavy (non-hydrogen) atoms. The van der Waals surface area contributed by atoms with Crippen LogP contribution in [-0.4, -0.2) is 12.1 Å². The van der Waals surface area contributed by atoms with Crippen LogP contribution in [0.2, 0.25) is 0 Å². The van der Waals surface area contributed by atoms with Gasteiger partial charge in [0.1, 0.15) is 5.82 Å². The van der Waals surface area contributed by atoms with Crippen LogP contribution in [0, 0.1) is 11.7 Å². The summed E-state index contributed by atoms with van der Waals surface area (Å²) in [5.41, 5.74) is 9.41. The van der Waals surface area contributed by atoms with Crippen molar-refractivity contribution in [1.82, 2.24) is 4.98 Å². The average molecular weight is 286 g/mol. The molecule has 1 unspecified atom stereocenters. The minimum Gasteiger partial charge on any atom is -0.481 e. The maximum Gasteiger partial charge on any atom is 0.213 e. The van der Waals surface area contributed by atoms with Crippen LogP contribution >= 0.6 is 0 Å². The van der Waals surface area contributed by atoms with E-state index < -0.39 is 0 Å². The fourth-order valence-electron chi connectivity index (χ4n) is 2.79. The molecular formula is C17H19FN2O. The molecule has 1 aromatic heterocycles. The minimum atomic E-state index is -0.252. The highest BCUT2D eigenvalue weighted by Crippen LogP contribution is 2.45. The molecule has 1 saturated carbocycles. The number of rotatable bonds is 4. The summed E-state index contributed by atoms with van der Waals surface area (Å²) in [5, 5.41) is 0. The molecule has 2 aromatic rings. The van der Waals surface area contributed by atoms with Gasteiger partial charge in [0.15, 0.2) is 0 Å². The van der Waals surface area contributed by atoms with Crippen molar-refractivity contribution in [3.63, 3.8) is 0 Å². The first-order chi connectivity index (χ1) is 10.1. The number of benzene rings is 1. The van der Waals surface area contributed by atoms with E-state index in [4.69, 9.17) is 10.5 Å². The van der Waals surface area contributed by atoms with E-state index in [1.165, 1.54) is 18.9 Å². The van der Waals surface area contributed by atoms with Gasteiger partial charge in [-0.05, 0) is 54.0 Å². The Morgan fingerprint density at radius 1 is 1.33 bits per heavy atom. The summed E-state index contributed by atoms with van der Waals surface area (Å²) in [6, 6.07) is 6.64. The smallest absolute Gasteiger partial charge is 0.213 e. The molecule has 110 valence electrons. The van der Waals surface area contributed by atoms with Crippen molar-refractivity contribution in [2.45, 2.75) is 25.7 Å². The molecule has 0 amide bonds. The second kappa shape index (κ2) is 5.35. The van der Waals surface area contributed by atoms with E-state index >= 15 is 0 Å². The molecule has 0 radical (unpaired) electrons. The lowest BCUT2D eigenvalue weighted by Crippen LogP contribution is -2.04. The Hall–Kier alpha value is -2.10. The zero-order chi connectivity index (χ0) is 15.0. The Labute approximate surface area is 124 Å². The Bertz CT molecular complexity index is 668. The Balaban J connectivity index is 2.09. The lowest BCUT2D eigenvalue weighted by atomic mass is 9.91. The molecule has 1 aromatic carbocycles. The van der Waals surface area contributed by atoms with Gasteiger partial charge in [-0.25, -0.2) is 9.37 Å². The standard InChI is InChI=1S/C17H19FN2O/c1-10(11-3-4-11)14-8-13(18)9-15(17(14)19)12-5-6-20-16(7-12)21-2/h5-11H,3-4,19H2,1-2H3. The van der Waals surface area contributed by atoms with Crippen molar-refractivity contribution in [3.8, 4) is 17.0 Å². The number of aromatic nitrogens is 1. The van der Waals surface area contributed by atoms with Crippen LogP contribution in [-0.2, 0) is 0 Å². The van der Waals surface area contributed by atoms with Crippen molar-refractivity contribution in [2.24, 2.45) is 5.92 Å². The van der Waals surface area contributed by atoms with E-state index in [1.807, 2.05) is 6.07 Å². The molecule has 0 saturated heterocycles. The predicted octanol–water partition coefficient (Wildman–Crippen LogP) is 3.99. The van der Waals surface area contributed by atoms with Crippen molar-refractivity contribution in [1.29, 1.82) is 0 Å². The molecule has 3 rings (SSSR count). The van der Waals surface area contributed by atoms with Crippen molar-refractivity contribution in [2.75, 3.05) is 12.8 Å². The molecule has 0 spiro atoms. The monoisotopic (exact) mass is 286 g/mol. The number of anilines is 1. The second-order valence-electron chi connectivity index (χ2n) is 5.67.